The van der Waals surface area contributed by atoms with Crippen molar-refractivity contribution in [1.29, 1.82) is 0 Å². The predicted octanol–water partition coefficient (Wildman–Crippen LogP) is 4.17. The molecule has 5 nitrogen and oxygen atoms in total. The lowest BCUT2D eigenvalue weighted by Gasteiger charge is -2.24. The maximum absolute atomic E-state index is 12.6. The number of hydrogen-bond acceptors (Lipinski definition) is 5. The van der Waals surface area contributed by atoms with E-state index in [4.69, 9.17) is 5.11 Å². The molecule has 0 aromatic carbocycles. The van der Waals surface area contributed by atoms with E-state index in [1.54, 1.807) is 29.4 Å². The summed E-state index contributed by atoms with van der Waals surface area (Å²) in [6.45, 7) is 8.12. The normalized spacial score (nSPS) is 12.4. The predicted molar refractivity (Wildman–Crippen MR) is 92.7 cm³/mol. The fourth-order valence-electron chi connectivity index (χ4n) is 2.16. The minimum atomic E-state index is -1.01. The third kappa shape index (κ3) is 3.61. The maximum atomic E-state index is 12.6. The number of hydrogen-bond donors (Lipinski definition) is 1. The van der Waals surface area contributed by atoms with Crippen molar-refractivity contribution in [3.05, 3.63) is 37.5 Å². The average Bonchev–Trinajstić information content (AvgIpc) is 3.11. The molecule has 0 aliphatic carbocycles. The van der Waals surface area contributed by atoms with Gasteiger partial charge in [-0.2, -0.15) is 0 Å². The first-order valence-corrected chi connectivity index (χ1v) is 8.93. The second kappa shape index (κ2) is 6.80. The van der Waals surface area contributed by atoms with Gasteiger partial charge in [-0.3, -0.25) is 4.79 Å². The van der Waals surface area contributed by atoms with Gasteiger partial charge in [0, 0.05) is 17.8 Å². The van der Waals surface area contributed by atoms with Crippen LogP contribution < -0.4 is 0 Å². The molecule has 0 bridgehead atoms. The van der Waals surface area contributed by atoms with Crippen molar-refractivity contribution in [3.63, 3.8) is 0 Å². The summed E-state index contributed by atoms with van der Waals surface area (Å²) < 4.78 is 0. The van der Waals surface area contributed by atoms with Gasteiger partial charge in [0.15, 0.2) is 0 Å². The monoisotopic (exact) mass is 352 g/mol. The summed E-state index contributed by atoms with van der Waals surface area (Å²) >= 11 is 2.63. The second-order valence-corrected chi connectivity index (χ2v) is 7.86. The molecular formula is C16H20N2O3S2. The van der Waals surface area contributed by atoms with E-state index in [2.05, 4.69) is 18.8 Å². The number of aromatic carboxylic acids is 1. The molecule has 0 aliphatic heterocycles. The molecule has 1 N–H and O–H groups in total. The van der Waals surface area contributed by atoms with E-state index >= 15 is 0 Å². The van der Waals surface area contributed by atoms with Crippen molar-refractivity contribution >= 4 is 34.6 Å². The second-order valence-electron chi connectivity index (χ2n) is 5.72. The molecule has 1 atom stereocenters. The number of carbonyl (C=O) groups is 2. The highest BCUT2D eigenvalue weighted by Gasteiger charge is 2.25. The Kier molecular flexibility index (Phi) is 5.21. The number of thiophene rings is 1. The van der Waals surface area contributed by atoms with E-state index in [1.807, 2.05) is 13.8 Å². The molecule has 1 amide bonds. The zero-order valence-corrected chi connectivity index (χ0v) is 15.4. The molecule has 0 fully saturated rings. The lowest BCUT2D eigenvalue weighted by molar-refractivity contribution is 0.0701. The summed E-state index contributed by atoms with van der Waals surface area (Å²) in [7, 11) is 1.74. The Bertz CT molecular complexity index is 734. The van der Waals surface area contributed by atoms with Crippen LogP contribution in [0.4, 0.5) is 0 Å². The molecule has 0 saturated heterocycles. The molecule has 2 heterocycles. The van der Waals surface area contributed by atoms with Gasteiger partial charge in [0.25, 0.3) is 5.91 Å². The van der Waals surface area contributed by atoms with Gasteiger partial charge < -0.3 is 10.0 Å². The van der Waals surface area contributed by atoms with Crippen molar-refractivity contribution in [3.8, 4) is 0 Å². The first-order valence-electron chi connectivity index (χ1n) is 7.29. The zero-order valence-electron chi connectivity index (χ0n) is 13.8. The highest BCUT2D eigenvalue weighted by molar-refractivity contribution is 7.15. The zero-order chi connectivity index (χ0) is 17.3. The van der Waals surface area contributed by atoms with Gasteiger partial charge in [0.05, 0.1) is 21.6 Å². The summed E-state index contributed by atoms with van der Waals surface area (Å²) in [6.07, 6.45) is 0. The molecule has 2 aromatic heterocycles. The van der Waals surface area contributed by atoms with E-state index in [9.17, 15) is 9.59 Å². The van der Waals surface area contributed by atoms with Crippen molar-refractivity contribution in [1.82, 2.24) is 9.88 Å². The molecular weight excluding hydrogens is 332 g/mol. The summed E-state index contributed by atoms with van der Waals surface area (Å²) in [5, 5.41) is 10.0. The van der Waals surface area contributed by atoms with Crippen LogP contribution in [-0.2, 0) is 0 Å². The highest BCUT2D eigenvalue weighted by Crippen LogP contribution is 2.32. The van der Waals surface area contributed by atoms with E-state index in [0.29, 0.717) is 10.8 Å². The molecule has 0 aliphatic rings. The van der Waals surface area contributed by atoms with Gasteiger partial charge in [-0.15, -0.1) is 22.7 Å². The fraction of sp³-hybridized carbons (Fsp3) is 0.438. The van der Waals surface area contributed by atoms with E-state index < -0.39 is 5.97 Å². The van der Waals surface area contributed by atoms with Crippen LogP contribution in [-0.4, -0.2) is 33.9 Å². The largest absolute Gasteiger partial charge is 0.477 e. The Morgan fingerprint density at radius 3 is 2.26 bits per heavy atom. The highest BCUT2D eigenvalue weighted by atomic mass is 32.1. The number of amides is 1. The number of thiazole rings is 1. The van der Waals surface area contributed by atoms with Crippen LogP contribution in [0, 0.1) is 6.92 Å². The van der Waals surface area contributed by atoms with Gasteiger partial charge in [-0.05, 0) is 26.0 Å². The molecule has 2 rings (SSSR count). The van der Waals surface area contributed by atoms with Crippen molar-refractivity contribution in [2.45, 2.75) is 39.7 Å². The number of carboxylic acids is 1. The van der Waals surface area contributed by atoms with Crippen molar-refractivity contribution < 1.29 is 14.7 Å². The van der Waals surface area contributed by atoms with Gasteiger partial charge in [0.2, 0.25) is 0 Å². The third-order valence-corrected chi connectivity index (χ3v) is 6.34. The Morgan fingerprint density at radius 2 is 1.78 bits per heavy atom. The lowest BCUT2D eigenvalue weighted by Crippen LogP contribution is -2.28. The first-order chi connectivity index (χ1) is 10.7. The van der Waals surface area contributed by atoms with Gasteiger partial charge in [-0.25, -0.2) is 9.78 Å². The molecule has 2 aromatic rings. The quantitative estimate of drug-likeness (QED) is 0.877. The molecule has 7 heteroatoms. The van der Waals surface area contributed by atoms with Crippen molar-refractivity contribution in [2.24, 2.45) is 0 Å². The Hall–Kier alpha value is -1.73. The molecule has 0 spiro atoms. The minimum Gasteiger partial charge on any atom is -0.477 e. The van der Waals surface area contributed by atoms with Gasteiger partial charge in [0.1, 0.15) is 4.88 Å². The van der Waals surface area contributed by atoms with Crippen LogP contribution in [0.2, 0.25) is 0 Å². The van der Waals surface area contributed by atoms with Gasteiger partial charge in [-0.1, -0.05) is 13.8 Å². The summed E-state index contributed by atoms with van der Waals surface area (Å²) in [5.41, 5.74) is 0.947. The number of nitrogens with zero attached hydrogens (tertiary/aromatic N) is 2. The molecule has 23 heavy (non-hydrogen) atoms. The number of rotatable bonds is 5. The fourth-order valence-corrected chi connectivity index (χ4v) is 4.15. The standard InChI is InChI=1S/C16H20N2O3S2/c1-8(2)14-17-9(3)13(23-14)10(4)18(5)15(19)11-6-7-12(22-11)16(20)21/h6-8,10H,1-5H3,(H,20,21). The topological polar surface area (TPSA) is 70.5 Å². The maximum Gasteiger partial charge on any atom is 0.345 e. The van der Waals surface area contributed by atoms with Crippen LogP contribution in [0.1, 0.15) is 67.7 Å². The van der Waals surface area contributed by atoms with Crippen LogP contribution in [0.3, 0.4) is 0 Å². The third-order valence-electron chi connectivity index (χ3n) is 3.65. The first kappa shape index (κ1) is 17.6. The van der Waals surface area contributed by atoms with Crippen LogP contribution in [0.5, 0.6) is 0 Å². The molecule has 0 radical (unpaired) electrons. The van der Waals surface area contributed by atoms with E-state index in [0.717, 1.165) is 26.9 Å². The Balaban J connectivity index is 2.22. The van der Waals surface area contributed by atoms with Gasteiger partial charge >= 0.3 is 5.97 Å². The van der Waals surface area contributed by atoms with E-state index in [-0.39, 0.29) is 16.8 Å². The number of aryl methyl sites for hydroxylation is 1. The van der Waals surface area contributed by atoms with Crippen LogP contribution in [0.25, 0.3) is 0 Å². The summed E-state index contributed by atoms with van der Waals surface area (Å²) in [5.74, 6) is -0.824. The van der Waals surface area contributed by atoms with Crippen LogP contribution in [0.15, 0.2) is 12.1 Å². The SMILES string of the molecule is Cc1nc(C(C)C)sc1C(C)N(C)C(=O)c1ccc(C(=O)O)s1. The summed E-state index contributed by atoms with van der Waals surface area (Å²) in [4.78, 5) is 31.4. The Morgan fingerprint density at radius 1 is 1.17 bits per heavy atom. The number of carboxylic acid groups (broad SMARTS) is 1. The summed E-state index contributed by atoms with van der Waals surface area (Å²) in [6, 6.07) is 2.93. The lowest BCUT2D eigenvalue weighted by atomic mass is 10.2. The van der Waals surface area contributed by atoms with Crippen LogP contribution >= 0.6 is 22.7 Å². The smallest absolute Gasteiger partial charge is 0.345 e. The molecule has 124 valence electrons. The molecule has 1 unspecified atom stereocenters. The van der Waals surface area contributed by atoms with Crippen molar-refractivity contribution in [2.75, 3.05) is 7.05 Å². The number of aromatic nitrogens is 1. The number of carbonyl (C=O) groups excluding carboxylic acids is 1. The minimum absolute atomic E-state index is 0.108. The average molecular weight is 352 g/mol. The van der Waals surface area contributed by atoms with E-state index in [1.165, 1.54) is 6.07 Å². The Labute approximate surface area is 143 Å². The molecule has 0 saturated carbocycles.